The summed E-state index contributed by atoms with van der Waals surface area (Å²) in [6.07, 6.45) is 1.64. The summed E-state index contributed by atoms with van der Waals surface area (Å²) in [4.78, 5) is 4.10. The minimum absolute atomic E-state index is 0.0111. The maximum Gasteiger partial charge on any atom is 0.387 e. The molecule has 0 bridgehead atoms. The minimum Gasteiger partial charge on any atom is -0.435 e. The van der Waals surface area contributed by atoms with Gasteiger partial charge >= 0.3 is 6.61 Å². The highest BCUT2D eigenvalue weighted by atomic mass is 19.3. The number of hydrogen-bond acceptors (Lipinski definition) is 4. The second-order valence-corrected chi connectivity index (χ2v) is 3.96. The highest BCUT2D eigenvalue weighted by molar-refractivity contribution is 5.69. The molecule has 2 aromatic rings. The van der Waals surface area contributed by atoms with Crippen LogP contribution in [0, 0.1) is 18.3 Å². The van der Waals surface area contributed by atoms with Gasteiger partial charge < -0.3 is 10.1 Å². The molecular formula is C14H11F2N3O. The van der Waals surface area contributed by atoms with Gasteiger partial charge in [0.2, 0.25) is 0 Å². The summed E-state index contributed by atoms with van der Waals surface area (Å²) in [5, 5.41) is 12.0. The number of nitriles is 1. The van der Waals surface area contributed by atoms with Crippen molar-refractivity contribution >= 4 is 11.4 Å². The van der Waals surface area contributed by atoms with Crippen molar-refractivity contribution in [3.63, 3.8) is 0 Å². The SMILES string of the molecule is Cc1ncccc1Nc1cc(OC(F)F)ccc1C#N. The number of aryl methyl sites for hydroxylation is 1. The van der Waals surface area contributed by atoms with Gasteiger partial charge in [-0.2, -0.15) is 14.0 Å². The molecule has 0 aliphatic rings. The Hall–Kier alpha value is -2.68. The number of pyridine rings is 1. The van der Waals surface area contributed by atoms with Crippen molar-refractivity contribution in [3.05, 3.63) is 47.8 Å². The van der Waals surface area contributed by atoms with E-state index in [1.807, 2.05) is 6.07 Å². The van der Waals surface area contributed by atoms with E-state index in [0.717, 1.165) is 5.69 Å². The number of alkyl halides is 2. The number of nitrogens with zero attached hydrogens (tertiary/aromatic N) is 2. The largest absolute Gasteiger partial charge is 0.435 e. The standard InChI is InChI=1S/C14H11F2N3O/c1-9-12(3-2-6-18-9)19-13-7-11(20-14(15)16)5-4-10(13)8-17/h2-7,14,19H,1H3. The molecule has 0 saturated heterocycles. The molecule has 0 aliphatic carbocycles. The van der Waals surface area contributed by atoms with Crippen molar-refractivity contribution in [2.75, 3.05) is 5.32 Å². The van der Waals surface area contributed by atoms with Gasteiger partial charge in [-0.05, 0) is 31.2 Å². The first kappa shape index (κ1) is 13.7. The molecule has 4 nitrogen and oxygen atoms in total. The van der Waals surface area contributed by atoms with Crippen LogP contribution in [-0.2, 0) is 0 Å². The Labute approximate surface area is 114 Å². The molecular weight excluding hydrogens is 264 g/mol. The molecule has 0 unspecified atom stereocenters. The molecule has 0 fully saturated rings. The van der Waals surface area contributed by atoms with Gasteiger partial charge in [-0.15, -0.1) is 0 Å². The quantitative estimate of drug-likeness (QED) is 0.926. The third-order valence-corrected chi connectivity index (χ3v) is 2.61. The van der Waals surface area contributed by atoms with E-state index in [4.69, 9.17) is 5.26 Å². The summed E-state index contributed by atoms with van der Waals surface area (Å²) in [7, 11) is 0. The monoisotopic (exact) mass is 275 g/mol. The number of anilines is 2. The molecule has 0 radical (unpaired) electrons. The average Bonchev–Trinajstić information content (AvgIpc) is 2.41. The van der Waals surface area contributed by atoms with E-state index >= 15 is 0 Å². The maximum absolute atomic E-state index is 12.2. The highest BCUT2D eigenvalue weighted by Gasteiger charge is 2.09. The van der Waals surface area contributed by atoms with Gasteiger partial charge in [-0.25, -0.2) is 0 Å². The smallest absolute Gasteiger partial charge is 0.387 e. The van der Waals surface area contributed by atoms with Gasteiger partial charge in [0.1, 0.15) is 11.8 Å². The molecule has 0 aliphatic heterocycles. The Kier molecular flexibility index (Phi) is 4.11. The Morgan fingerprint density at radius 3 is 2.75 bits per heavy atom. The Balaban J connectivity index is 2.34. The molecule has 2 rings (SSSR count). The van der Waals surface area contributed by atoms with E-state index in [1.54, 1.807) is 25.3 Å². The number of hydrogen-bond donors (Lipinski definition) is 1. The van der Waals surface area contributed by atoms with Crippen LogP contribution in [0.4, 0.5) is 20.2 Å². The average molecular weight is 275 g/mol. The number of halogens is 2. The molecule has 1 heterocycles. The first-order valence-electron chi connectivity index (χ1n) is 5.78. The molecule has 0 amide bonds. The number of nitrogens with one attached hydrogen (secondary N) is 1. The molecule has 1 aromatic heterocycles. The van der Waals surface area contributed by atoms with Crippen LogP contribution in [0.1, 0.15) is 11.3 Å². The molecule has 0 saturated carbocycles. The minimum atomic E-state index is -2.91. The molecule has 6 heteroatoms. The zero-order valence-electron chi connectivity index (χ0n) is 10.6. The van der Waals surface area contributed by atoms with Gasteiger partial charge in [0, 0.05) is 12.3 Å². The van der Waals surface area contributed by atoms with Crippen LogP contribution in [0.15, 0.2) is 36.5 Å². The van der Waals surface area contributed by atoms with Gasteiger partial charge in [0.05, 0.1) is 22.6 Å². The lowest BCUT2D eigenvalue weighted by Gasteiger charge is -2.12. The van der Waals surface area contributed by atoms with Crippen molar-refractivity contribution in [1.29, 1.82) is 5.26 Å². The molecule has 1 aromatic carbocycles. The van der Waals surface area contributed by atoms with E-state index in [9.17, 15) is 8.78 Å². The zero-order chi connectivity index (χ0) is 14.5. The summed E-state index contributed by atoms with van der Waals surface area (Å²) in [6.45, 7) is -1.11. The van der Waals surface area contributed by atoms with Crippen LogP contribution in [-0.4, -0.2) is 11.6 Å². The van der Waals surface area contributed by atoms with Crippen molar-refractivity contribution in [3.8, 4) is 11.8 Å². The zero-order valence-corrected chi connectivity index (χ0v) is 10.6. The number of aromatic nitrogens is 1. The van der Waals surface area contributed by atoms with E-state index < -0.39 is 6.61 Å². The fourth-order valence-electron chi connectivity index (χ4n) is 1.66. The van der Waals surface area contributed by atoms with Crippen LogP contribution < -0.4 is 10.1 Å². The first-order chi connectivity index (χ1) is 9.60. The number of ether oxygens (including phenoxy) is 1. The summed E-state index contributed by atoms with van der Waals surface area (Å²) >= 11 is 0. The third-order valence-electron chi connectivity index (χ3n) is 2.61. The Bertz CT molecular complexity index is 653. The Morgan fingerprint density at radius 1 is 1.30 bits per heavy atom. The van der Waals surface area contributed by atoms with E-state index in [-0.39, 0.29) is 5.75 Å². The van der Waals surface area contributed by atoms with Gasteiger partial charge in [0.25, 0.3) is 0 Å². The summed E-state index contributed by atoms with van der Waals surface area (Å²) in [5.41, 5.74) is 2.14. The third kappa shape index (κ3) is 3.20. The predicted octanol–water partition coefficient (Wildman–Crippen LogP) is 3.61. The predicted molar refractivity (Wildman–Crippen MR) is 70.0 cm³/mol. The summed E-state index contributed by atoms with van der Waals surface area (Å²) < 4.78 is 28.7. The van der Waals surface area contributed by atoms with Gasteiger partial charge in [-0.3, -0.25) is 4.98 Å². The highest BCUT2D eigenvalue weighted by Crippen LogP contribution is 2.27. The fraction of sp³-hybridized carbons (Fsp3) is 0.143. The first-order valence-corrected chi connectivity index (χ1v) is 5.78. The van der Waals surface area contributed by atoms with E-state index in [0.29, 0.717) is 16.9 Å². The van der Waals surface area contributed by atoms with E-state index in [2.05, 4.69) is 15.0 Å². The van der Waals surface area contributed by atoms with Crippen LogP contribution in [0.25, 0.3) is 0 Å². The van der Waals surface area contributed by atoms with Crippen LogP contribution in [0.2, 0.25) is 0 Å². The van der Waals surface area contributed by atoms with Gasteiger partial charge in [-0.1, -0.05) is 0 Å². The lowest BCUT2D eigenvalue weighted by Crippen LogP contribution is -2.03. The van der Waals surface area contributed by atoms with Crippen molar-refractivity contribution in [2.45, 2.75) is 13.5 Å². The van der Waals surface area contributed by atoms with Crippen LogP contribution >= 0.6 is 0 Å². The molecule has 20 heavy (non-hydrogen) atoms. The fourth-order valence-corrected chi connectivity index (χ4v) is 1.66. The van der Waals surface area contributed by atoms with Crippen molar-refractivity contribution in [2.24, 2.45) is 0 Å². The topological polar surface area (TPSA) is 57.9 Å². The van der Waals surface area contributed by atoms with Crippen LogP contribution in [0.5, 0.6) is 5.75 Å². The second-order valence-electron chi connectivity index (χ2n) is 3.96. The van der Waals surface area contributed by atoms with Crippen molar-refractivity contribution < 1.29 is 13.5 Å². The van der Waals surface area contributed by atoms with Crippen molar-refractivity contribution in [1.82, 2.24) is 4.98 Å². The van der Waals surface area contributed by atoms with Crippen LogP contribution in [0.3, 0.4) is 0 Å². The molecule has 1 N–H and O–H groups in total. The summed E-state index contributed by atoms with van der Waals surface area (Å²) in [6, 6.07) is 9.61. The number of rotatable bonds is 4. The second kappa shape index (κ2) is 5.97. The molecule has 102 valence electrons. The normalized spacial score (nSPS) is 10.2. The number of benzene rings is 1. The van der Waals surface area contributed by atoms with E-state index in [1.165, 1.54) is 18.2 Å². The summed E-state index contributed by atoms with van der Waals surface area (Å²) in [5.74, 6) is -0.0111. The molecule has 0 atom stereocenters. The van der Waals surface area contributed by atoms with Gasteiger partial charge in [0.15, 0.2) is 0 Å². The molecule has 0 spiro atoms. The maximum atomic E-state index is 12.2. The lowest BCUT2D eigenvalue weighted by molar-refractivity contribution is -0.0498. The Morgan fingerprint density at radius 2 is 2.10 bits per heavy atom. The lowest BCUT2D eigenvalue weighted by atomic mass is 10.1.